The van der Waals surface area contributed by atoms with Gasteiger partial charge in [0.1, 0.15) is 5.75 Å². The highest BCUT2D eigenvalue weighted by molar-refractivity contribution is 9.10. The fourth-order valence-corrected chi connectivity index (χ4v) is 1.71. The number of anilines is 1. The van der Waals surface area contributed by atoms with Crippen LogP contribution in [0.2, 0.25) is 0 Å². The maximum Gasteiger partial charge on any atom is 0.224 e. The molecule has 1 aromatic rings. The minimum absolute atomic E-state index is 0.00593. The van der Waals surface area contributed by atoms with Crippen LogP contribution in [0.15, 0.2) is 22.7 Å². The first kappa shape index (κ1) is 13.0. The molecule has 88 valence electrons. The molecule has 0 aliphatic heterocycles. The second kappa shape index (κ2) is 5.89. The molecular weight excluding hydrogens is 270 g/mol. The SMILES string of the molecule is COc1ccc(Br)cc1NC(=O)CC(C)C. The van der Waals surface area contributed by atoms with Crippen LogP contribution in [-0.4, -0.2) is 13.0 Å². The number of ether oxygens (including phenoxy) is 1. The average molecular weight is 286 g/mol. The summed E-state index contributed by atoms with van der Waals surface area (Å²) < 4.78 is 6.08. The van der Waals surface area contributed by atoms with Gasteiger partial charge in [-0.15, -0.1) is 0 Å². The summed E-state index contributed by atoms with van der Waals surface area (Å²) >= 11 is 3.36. The van der Waals surface area contributed by atoms with Gasteiger partial charge in [0.2, 0.25) is 5.91 Å². The fraction of sp³-hybridized carbons (Fsp3) is 0.417. The van der Waals surface area contributed by atoms with Crippen molar-refractivity contribution in [3.05, 3.63) is 22.7 Å². The van der Waals surface area contributed by atoms with Gasteiger partial charge in [-0.25, -0.2) is 0 Å². The van der Waals surface area contributed by atoms with Gasteiger partial charge in [0.25, 0.3) is 0 Å². The van der Waals surface area contributed by atoms with Gasteiger partial charge in [-0.05, 0) is 24.1 Å². The summed E-state index contributed by atoms with van der Waals surface area (Å²) in [6, 6.07) is 5.52. The van der Waals surface area contributed by atoms with Crippen molar-refractivity contribution in [2.45, 2.75) is 20.3 Å². The van der Waals surface area contributed by atoms with Crippen molar-refractivity contribution in [3.63, 3.8) is 0 Å². The predicted octanol–water partition coefficient (Wildman–Crippen LogP) is 3.44. The van der Waals surface area contributed by atoms with Crippen molar-refractivity contribution in [2.75, 3.05) is 12.4 Å². The maximum atomic E-state index is 11.6. The molecule has 0 aromatic heterocycles. The van der Waals surface area contributed by atoms with Crippen LogP contribution < -0.4 is 10.1 Å². The molecule has 0 atom stereocenters. The lowest BCUT2D eigenvalue weighted by molar-refractivity contribution is -0.116. The quantitative estimate of drug-likeness (QED) is 0.920. The number of benzene rings is 1. The Morgan fingerprint density at radius 3 is 2.75 bits per heavy atom. The summed E-state index contributed by atoms with van der Waals surface area (Å²) in [5.41, 5.74) is 0.697. The molecule has 3 nitrogen and oxygen atoms in total. The van der Waals surface area contributed by atoms with Crippen LogP contribution in [0.1, 0.15) is 20.3 Å². The molecule has 0 unspecified atom stereocenters. The first-order chi connectivity index (χ1) is 7.52. The van der Waals surface area contributed by atoms with Gasteiger partial charge in [0.15, 0.2) is 0 Å². The number of halogens is 1. The lowest BCUT2D eigenvalue weighted by atomic mass is 10.1. The minimum atomic E-state index is 0.00593. The van der Waals surface area contributed by atoms with E-state index in [-0.39, 0.29) is 5.91 Å². The Balaban J connectivity index is 2.79. The summed E-state index contributed by atoms with van der Waals surface area (Å²) in [6.45, 7) is 4.02. The highest BCUT2D eigenvalue weighted by Gasteiger charge is 2.09. The third kappa shape index (κ3) is 3.85. The van der Waals surface area contributed by atoms with Crippen LogP contribution in [0, 0.1) is 5.92 Å². The summed E-state index contributed by atoms with van der Waals surface area (Å²) in [5.74, 6) is 1.02. The van der Waals surface area contributed by atoms with Gasteiger partial charge in [0, 0.05) is 10.9 Å². The molecule has 0 bridgehead atoms. The summed E-state index contributed by atoms with van der Waals surface area (Å²) in [6.07, 6.45) is 0.510. The van der Waals surface area contributed by atoms with E-state index in [1.165, 1.54) is 0 Å². The van der Waals surface area contributed by atoms with Crippen LogP contribution in [0.25, 0.3) is 0 Å². The Morgan fingerprint density at radius 2 is 2.19 bits per heavy atom. The van der Waals surface area contributed by atoms with Crippen LogP contribution in [0.5, 0.6) is 5.75 Å². The van der Waals surface area contributed by atoms with E-state index in [0.717, 1.165) is 4.47 Å². The number of hydrogen-bond acceptors (Lipinski definition) is 2. The Bertz CT molecular complexity index is 377. The molecule has 1 amide bonds. The van der Waals surface area contributed by atoms with E-state index < -0.39 is 0 Å². The van der Waals surface area contributed by atoms with E-state index in [1.807, 2.05) is 32.0 Å². The molecule has 0 spiro atoms. The van der Waals surface area contributed by atoms with E-state index >= 15 is 0 Å². The monoisotopic (exact) mass is 285 g/mol. The Morgan fingerprint density at radius 1 is 1.50 bits per heavy atom. The molecule has 0 aliphatic carbocycles. The summed E-state index contributed by atoms with van der Waals surface area (Å²) in [7, 11) is 1.58. The Hall–Kier alpha value is -1.03. The zero-order valence-electron chi connectivity index (χ0n) is 9.71. The molecule has 1 N–H and O–H groups in total. The molecule has 0 aliphatic rings. The highest BCUT2D eigenvalue weighted by Crippen LogP contribution is 2.28. The van der Waals surface area contributed by atoms with Gasteiger partial charge in [0.05, 0.1) is 12.8 Å². The van der Waals surface area contributed by atoms with E-state index in [0.29, 0.717) is 23.8 Å². The number of methoxy groups -OCH3 is 1. The largest absolute Gasteiger partial charge is 0.495 e. The maximum absolute atomic E-state index is 11.6. The minimum Gasteiger partial charge on any atom is -0.495 e. The van der Waals surface area contributed by atoms with Crippen molar-refractivity contribution in [1.29, 1.82) is 0 Å². The van der Waals surface area contributed by atoms with Crippen LogP contribution >= 0.6 is 15.9 Å². The van der Waals surface area contributed by atoms with Gasteiger partial charge in [-0.2, -0.15) is 0 Å². The molecule has 0 heterocycles. The lowest BCUT2D eigenvalue weighted by Crippen LogP contribution is -2.14. The first-order valence-corrected chi connectivity index (χ1v) is 5.95. The Labute approximate surface area is 104 Å². The normalized spacial score (nSPS) is 10.3. The third-order valence-electron chi connectivity index (χ3n) is 2.03. The van der Waals surface area contributed by atoms with E-state index in [1.54, 1.807) is 7.11 Å². The van der Waals surface area contributed by atoms with Crippen LogP contribution in [-0.2, 0) is 4.79 Å². The van der Waals surface area contributed by atoms with Crippen molar-refractivity contribution < 1.29 is 9.53 Å². The average Bonchev–Trinajstić information content (AvgIpc) is 2.16. The van der Waals surface area contributed by atoms with Gasteiger partial charge in [-0.3, -0.25) is 4.79 Å². The van der Waals surface area contributed by atoms with Crippen molar-refractivity contribution in [3.8, 4) is 5.75 Å². The summed E-state index contributed by atoms with van der Waals surface area (Å²) in [5, 5.41) is 2.84. The van der Waals surface area contributed by atoms with Crippen LogP contribution in [0.4, 0.5) is 5.69 Å². The standard InChI is InChI=1S/C12H16BrNO2/c1-8(2)6-12(15)14-10-7-9(13)4-5-11(10)16-3/h4-5,7-8H,6H2,1-3H3,(H,14,15). The van der Waals surface area contributed by atoms with E-state index in [4.69, 9.17) is 4.74 Å². The molecule has 16 heavy (non-hydrogen) atoms. The number of rotatable bonds is 4. The van der Waals surface area contributed by atoms with Crippen molar-refractivity contribution in [2.24, 2.45) is 5.92 Å². The lowest BCUT2D eigenvalue weighted by Gasteiger charge is -2.11. The van der Waals surface area contributed by atoms with Gasteiger partial charge < -0.3 is 10.1 Å². The van der Waals surface area contributed by atoms with Crippen LogP contribution in [0.3, 0.4) is 0 Å². The first-order valence-electron chi connectivity index (χ1n) is 5.16. The van der Waals surface area contributed by atoms with Gasteiger partial charge >= 0.3 is 0 Å². The molecule has 0 saturated heterocycles. The number of nitrogens with one attached hydrogen (secondary N) is 1. The Kier molecular flexibility index (Phi) is 4.80. The molecule has 0 fully saturated rings. The second-order valence-electron chi connectivity index (χ2n) is 3.99. The molecule has 4 heteroatoms. The number of carbonyl (C=O) groups is 1. The number of carbonyl (C=O) groups excluding carboxylic acids is 1. The topological polar surface area (TPSA) is 38.3 Å². The second-order valence-corrected chi connectivity index (χ2v) is 4.91. The smallest absolute Gasteiger partial charge is 0.224 e. The summed E-state index contributed by atoms with van der Waals surface area (Å²) in [4.78, 5) is 11.6. The van der Waals surface area contributed by atoms with Crippen molar-refractivity contribution >= 4 is 27.5 Å². The molecular formula is C12H16BrNO2. The fourth-order valence-electron chi connectivity index (χ4n) is 1.35. The van der Waals surface area contributed by atoms with E-state index in [9.17, 15) is 4.79 Å². The van der Waals surface area contributed by atoms with Crippen molar-refractivity contribution in [1.82, 2.24) is 0 Å². The number of hydrogen-bond donors (Lipinski definition) is 1. The predicted molar refractivity (Wildman–Crippen MR) is 68.8 cm³/mol. The molecule has 1 aromatic carbocycles. The highest BCUT2D eigenvalue weighted by atomic mass is 79.9. The zero-order chi connectivity index (χ0) is 12.1. The van der Waals surface area contributed by atoms with Gasteiger partial charge in [-0.1, -0.05) is 29.8 Å². The third-order valence-corrected chi connectivity index (χ3v) is 2.52. The molecule has 1 rings (SSSR count). The molecule has 0 saturated carbocycles. The number of amides is 1. The van der Waals surface area contributed by atoms with E-state index in [2.05, 4.69) is 21.2 Å². The zero-order valence-corrected chi connectivity index (χ0v) is 11.3. The molecule has 0 radical (unpaired) electrons.